The van der Waals surface area contributed by atoms with E-state index in [0.29, 0.717) is 0 Å². The summed E-state index contributed by atoms with van der Waals surface area (Å²) in [6.45, 7) is 0. The van der Waals surface area contributed by atoms with E-state index in [0.717, 1.165) is 12.2 Å². The van der Waals surface area contributed by atoms with E-state index in [1.165, 1.54) is 20.9 Å². The molecule has 0 aromatic heterocycles. The number of rotatable bonds is 5. The van der Waals surface area contributed by atoms with Crippen LogP contribution in [0, 0.1) is 0 Å². The lowest BCUT2D eigenvalue weighted by atomic mass is 10.1. The second kappa shape index (κ2) is 7.19. The van der Waals surface area contributed by atoms with Gasteiger partial charge in [-0.05, 0) is 47.9 Å². The van der Waals surface area contributed by atoms with Crippen LogP contribution in [-0.2, 0) is 6.42 Å². The lowest BCUT2D eigenvalue weighted by Gasteiger charge is -2.10. The molecule has 0 spiro atoms. The summed E-state index contributed by atoms with van der Waals surface area (Å²) in [6, 6.07) is 27.4. The fourth-order valence-corrected chi connectivity index (χ4v) is 3.28. The lowest BCUT2D eigenvalue weighted by Crippen LogP contribution is -1.90. The van der Waals surface area contributed by atoms with Crippen LogP contribution in [-0.4, -0.2) is 7.11 Å². The average Bonchev–Trinajstić information content (AvgIpc) is 2.58. The van der Waals surface area contributed by atoms with Crippen LogP contribution in [0.15, 0.2) is 88.7 Å². The Kier molecular flexibility index (Phi) is 4.81. The third-order valence-corrected chi connectivity index (χ3v) is 4.62. The second-order valence-electron chi connectivity index (χ2n) is 5.05. The molecule has 0 amide bonds. The molecule has 0 saturated carbocycles. The highest BCUT2D eigenvalue weighted by Crippen LogP contribution is 2.32. The van der Waals surface area contributed by atoms with E-state index in [1.807, 2.05) is 12.1 Å². The van der Waals surface area contributed by atoms with Crippen molar-refractivity contribution < 1.29 is 4.74 Å². The Morgan fingerprint density at radius 2 is 1.45 bits per heavy atom. The molecule has 3 aromatic carbocycles. The standard InChI is InChI=1S/C20H18OS/c1-21-18-11-13-19(14-12-18)22-20-10-6-5-9-17(20)15-16-7-3-2-4-8-16/h2-14H,15H2,1H3. The molecular formula is C20H18OS. The van der Waals surface area contributed by atoms with Crippen LogP contribution in [0.25, 0.3) is 0 Å². The first-order valence-corrected chi connectivity index (χ1v) is 8.10. The number of methoxy groups -OCH3 is 1. The van der Waals surface area contributed by atoms with Crippen LogP contribution >= 0.6 is 11.8 Å². The first-order chi connectivity index (χ1) is 10.8. The van der Waals surface area contributed by atoms with E-state index in [-0.39, 0.29) is 0 Å². The first-order valence-electron chi connectivity index (χ1n) is 7.29. The summed E-state index contributed by atoms with van der Waals surface area (Å²) < 4.78 is 5.21. The van der Waals surface area contributed by atoms with Gasteiger partial charge in [-0.1, -0.05) is 60.3 Å². The van der Waals surface area contributed by atoms with Gasteiger partial charge >= 0.3 is 0 Å². The van der Waals surface area contributed by atoms with Gasteiger partial charge in [-0.15, -0.1) is 0 Å². The summed E-state index contributed by atoms with van der Waals surface area (Å²) in [4.78, 5) is 2.53. The first kappa shape index (κ1) is 14.7. The van der Waals surface area contributed by atoms with E-state index in [9.17, 15) is 0 Å². The Hall–Kier alpha value is -2.19. The van der Waals surface area contributed by atoms with Crippen molar-refractivity contribution in [3.05, 3.63) is 90.0 Å². The molecule has 0 atom stereocenters. The molecule has 0 aliphatic carbocycles. The number of hydrogen-bond donors (Lipinski definition) is 0. The number of hydrogen-bond acceptors (Lipinski definition) is 2. The van der Waals surface area contributed by atoms with E-state index in [2.05, 4.69) is 66.7 Å². The molecule has 22 heavy (non-hydrogen) atoms. The van der Waals surface area contributed by atoms with Gasteiger partial charge in [0.05, 0.1) is 7.11 Å². The predicted molar refractivity (Wildman–Crippen MR) is 92.8 cm³/mol. The number of ether oxygens (including phenoxy) is 1. The molecule has 0 N–H and O–H groups in total. The summed E-state index contributed by atoms with van der Waals surface area (Å²) in [5.74, 6) is 0.891. The van der Waals surface area contributed by atoms with Gasteiger partial charge in [0.1, 0.15) is 5.75 Å². The van der Waals surface area contributed by atoms with Crippen molar-refractivity contribution in [2.45, 2.75) is 16.2 Å². The summed E-state index contributed by atoms with van der Waals surface area (Å²) in [5, 5.41) is 0. The lowest BCUT2D eigenvalue weighted by molar-refractivity contribution is 0.414. The highest BCUT2D eigenvalue weighted by Gasteiger charge is 2.05. The minimum absolute atomic E-state index is 0.891. The molecule has 0 aliphatic rings. The van der Waals surface area contributed by atoms with Gasteiger partial charge in [-0.25, -0.2) is 0 Å². The molecule has 3 rings (SSSR count). The Morgan fingerprint density at radius 1 is 0.773 bits per heavy atom. The fourth-order valence-electron chi connectivity index (χ4n) is 2.34. The van der Waals surface area contributed by atoms with Crippen LogP contribution in [0.1, 0.15) is 11.1 Å². The van der Waals surface area contributed by atoms with Crippen LogP contribution in [0.3, 0.4) is 0 Å². The van der Waals surface area contributed by atoms with Gasteiger partial charge in [-0.3, -0.25) is 0 Å². The van der Waals surface area contributed by atoms with Crippen molar-refractivity contribution >= 4 is 11.8 Å². The molecule has 0 heterocycles. The smallest absolute Gasteiger partial charge is 0.118 e. The van der Waals surface area contributed by atoms with Gasteiger partial charge in [0.25, 0.3) is 0 Å². The molecule has 0 fully saturated rings. The minimum Gasteiger partial charge on any atom is -0.497 e. The van der Waals surface area contributed by atoms with Gasteiger partial charge in [-0.2, -0.15) is 0 Å². The molecule has 0 radical (unpaired) electrons. The summed E-state index contributed by atoms with van der Waals surface area (Å²) in [6.07, 6.45) is 0.959. The monoisotopic (exact) mass is 306 g/mol. The molecule has 0 saturated heterocycles. The maximum atomic E-state index is 5.21. The van der Waals surface area contributed by atoms with Gasteiger partial charge in [0, 0.05) is 9.79 Å². The van der Waals surface area contributed by atoms with E-state index < -0.39 is 0 Å². The van der Waals surface area contributed by atoms with Crippen molar-refractivity contribution in [2.24, 2.45) is 0 Å². The highest BCUT2D eigenvalue weighted by atomic mass is 32.2. The molecule has 0 unspecified atom stereocenters. The molecule has 0 aliphatic heterocycles. The Bertz CT molecular complexity index is 720. The largest absolute Gasteiger partial charge is 0.497 e. The zero-order valence-electron chi connectivity index (χ0n) is 12.5. The summed E-state index contributed by atoms with van der Waals surface area (Å²) >= 11 is 1.80. The summed E-state index contributed by atoms with van der Waals surface area (Å²) in [7, 11) is 1.69. The van der Waals surface area contributed by atoms with Crippen molar-refractivity contribution in [3.63, 3.8) is 0 Å². The average molecular weight is 306 g/mol. The number of benzene rings is 3. The van der Waals surface area contributed by atoms with Crippen LogP contribution < -0.4 is 4.74 Å². The summed E-state index contributed by atoms with van der Waals surface area (Å²) in [5.41, 5.74) is 2.69. The van der Waals surface area contributed by atoms with Crippen LogP contribution in [0.4, 0.5) is 0 Å². The zero-order valence-corrected chi connectivity index (χ0v) is 13.3. The van der Waals surface area contributed by atoms with Crippen LogP contribution in [0.2, 0.25) is 0 Å². The third-order valence-electron chi connectivity index (χ3n) is 3.50. The van der Waals surface area contributed by atoms with Crippen molar-refractivity contribution in [1.29, 1.82) is 0 Å². The molecule has 110 valence electrons. The zero-order chi connectivity index (χ0) is 15.2. The van der Waals surface area contributed by atoms with E-state index in [4.69, 9.17) is 4.74 Å². The normalized spacial score (nSPS) is 10.4. The predicted octanol–water partition coefficient (Wildman–Crippen LogP) is 5.44. The fraction of sp³-hybridized carbons (Fsp3) is 0.100. The molecule has 3 aromatic rings. The molecule has 0 bridgehead atoms. The second-order valence-corrected chi connectivity index (χ2v) is 6.16. The van der Waals surface area contributed by atoms with Crippen molar-refractivity contribution in [1.82, 2.24) is 0 Å². The van der Waals surface area contributed by atoms with Gasteiger partial charge in [0.2, 0.25) is 0 Å². The highest BCUT2D eigenvalue weighted by molar-refractivity contribution is 7.99. The minimum atomic E-state index is 0.891. The Balaban J connectivity index is 1.81. The maximum absolute atomic E-state index is 5.21. The maximum Gasteiger partial charge on any atom is 0.118 e. The topological polar surface area (TPSA) is 9.23 Å². The quantitative estimate of drug-likeness (QED) is 0.621. The van der Waals surface area contributed by atoms with E-state index >= 15 is 0 Å². The molecule has 1 nitrogen and oxygen atoms in total. The SMILES string of the molecule is COc1ccc(Sc2ccccc2Cc2ccccc2)cc1. The van der Waals surface area contributed by atoms with Gasteiger partial charge < -0.3 is 4.74 Å². The third kappa shape index (κ3) is 3.71. The van der Waals surface area contributed by atoms with Crippen molar-refractivity contribution in [3.8, 4) is 5.75 Å². The van der Waals surface area contributed by atoms with Gasteiger partial charge in [0.15, 0.2) is 0 Å². The molecular weight excluding hydrogens is 288 g/mol. The molecule has 2 heteroatoms. The van der Waals surface area contributed by atoms with E-state index in [1.54, 1.807) is 18.9 Å². The van der Waals surface area contributed by atoms with Crippen LogP contribution in [0.5, 0.6) is 5.75 Å². The Labute approximate surface area is 136 Å². The van der Waals surface area contributed by atoms with Crippen molar-refractivity contribution in [2.75, 3.05) is 7.11 Å². The Morgan fingerprint density at radius 3 is 2.18 bits per heavy atom.